The van der Waals surface area contributed by atoms with Crippen LogP contribution >= 0.6 is 0 Å². The van der Waals surface area contributed by atoms with Crippen LogP contribution in [0, 0.1) is 18.2 Å². The minimum absolute atomic E-state index is 0.139. The van der Waals surface area contributed by atoms with E-state index in [9.17, 15) is 12.8 Å². The number of nitrogens with two attached hydrogens (primary N) is 2. The van der Waals surface area contributed by atoms with E-state index >= 15 is 0 Å². The molecule has 4 nitrogen and oxygen atoms in total. The highest BCUT2D eigenvalue weighted by atomic mass is 32.2. The normalized spacial score (nSPS) is 22.3. The van der Waals surface area contributed by atoms with Gasteiger partial charge in [0.1, 0.15) is 5.82 Å². The molecule has 6 heteroatoms. The molecule has 2 aromatic rings. The van der Waals surface area contributed by atoms with E-state index in [4.69, 9.17) is 11.5 Å². The Balaban J connectivity index is 2.06. The van der Waals surface area contributed by atoms with Crippen molar-refractivity contribution in [2.24, 2.45) is 16.9 Å². The molecule has 0 unspecified atom stereocenters. The largest absolute Gasteiger partial charge is 0.330 e. The van der Waals surface area contributed by atoms with Crippen molar-refractivity contribution in [1.82, 2.24) is 0 Å². The van der Waals surface area contributed by atoms with E-state index in [1.807, 2.05) is 6.92 Å². The molecule has 2 aromatic carbocycles. The van der Waals surface area contributed by atoms with Crippen molar-refractivity contribution in [3.05, 3.63) is 65.5 Å². The number of sulfone groups is 1. The molecular formula is C18H21FN2O2S. The fourth-order valence-corrected chi connectivity index (χ4v) is 6.07. The number of hydrogen-bond acceptors (Lipinski definition) is 4. The summed E-state index contributed by atoms with van der Waals surface area (Å²) in [7, 11) is -3.61. The lowest BCUT2D eigenvalue weighted by Gasteiger charge is -2.13. The van der Waals surface area contributed by atoms with Crippen LogP contribution in [0.25, 0.3) is 0 Å². The Morgan fingerprint density at radius 3 is 2.25 bits per heavy atom. The fraction of sp³-hybridized carbons (Fsp3) is 0.333. The summed E-state index contributed by atoms with van der Waals surface area (Å²) in [5, 5.41) is -0.732. The Morgan fingerprint density at radius 2 is 1.71 bits per heavy atom. The van der Waals surface area contributed by atoms with Crippen molar-refractivity contribution in [2.45, 2.75) is 23.0 Å². The number of aryl methyl sites for hydroxylation is 1. The first kappa shape index (κ1) is 17.1. The molecule has 2 atom stereocenters. The van der Waals surface area contributed by atoms with Gasteiger partial charge in [-0.1, -0.05) is 29.8 Å². The van der Waals surface area contributed by atoms with E-state index in [0.717, 1.165) is 5.56 Å². The Bertz CT molecular complexity index is 846. The zero-order chi connectivity index (χ0) is 17.5. The standard InChI is InChI=1S/C18H21FN2O2S/c1-12-5-7-15(8-6-12)24(22,23)17-16(18(17,10-20)11-21)13-3-2-4-14(19)9-13/h2-9,16-17H,10-11,20-21H2,1H3/t16-,17-/m1/s1. The lowest BCUT2D eigenvalue weighted by Crippen LogP contribution is -2.31. The van der Waals surface area contributed by atoms with Crippen molar-refractivity contribution in [3.8, 4) is 0 Å². The number of hydrogen-bond donors (Lipinski definition) is 2. The summed E-state index contributed by atoms with van der Waals surface area (Å²) in [6.07, 6.45) is 0. The third-order valence-electron chi connectivity index (χ3n) is 5.03. The summed E-state index contributed by atoms with van der Waals surface area (Å²) in [6.45, 7) is 2.17. The van der Waals surface area contributed by atoms with Gasteiger partial charge in [0, 0.05) is 24.4 Å². The maximum absolute atomic E-state index is 13.6. The summed E-state index contributed by atoms with van der Waals surface area (Å²) in [5.41, 5.74) is 12.7. The molecule has 3 rings (SSSR count). The Hall–Kier alpha value is -1.76. The SMILES string of the molecule is Cc1ccc(S(=O)(=O)[C@@H]2[C@@H](c3cccc(F)c3)C2(CN)CN)cc1. The van der Waals surface area contributed by atoms with Crippen LogP contribution in [-0.2, 0) is 9.84 Å². The van der Waals surface area contributed by atoms with Crippen molar-refractivity contribution in [2.75, 3.05) is 13.1 Å². The van der Waals surface area contributed by atoms with Crippen LogP contribution in [0.3, 0.4) is 0 Å². The topological polar surface area (TPSA) is 86.2 Å². The predicted molar refractivity (Wildman–Crippen MR) is 91.8 cm³/mol. The zero-order valence-corrected chi connectivity index (χ0v) is 14.3. The Kier molecular flexibility index (Phi) is 4.23. The first-order valence-corrected chi connectivity index (χ1v) is 9.37. The van der Waals surface area contributed by atoms with Gasteiger partial charge in [-0.05, 0) is 36.8 Å². The van der Waals surface area contributed by atoms with E-state index in [2.05, 4.69) is 0 Å². The maximum Gasteiger partial charge on any atom is 0.182 e. The summed E-state index contributed by atoms with van der Waals surface area (Å²) >= 11 is 0. The van der Waals surface area contributed by atoms with Crippen molar-refractivity contribution >= 4 is 9.84 Å². The van der Waals surface area contributed by atoms with Gasteiger partial charge in [0.05, 0.1) is 10.1 Å². The molecule has 0 heterocycles. The Morgan fingerprint density at radius 1 is 1.08 bits per heavy atom. The van der Waals surface area contributed by atoms with E-state index in [1.54, 1.807) is 36.4 Å². The van der Waals surface area contributed by atoms with Crippen LogP contribution in [0.15, 0.2) is 53.4 Å². The van der Waals surface area contributed by atoms with Crippen LogP contribution in [0.5, 0.6) is 0 Å². The van der Waals surface area contributed by atoms with Crippen molar-refractivity contribution in [1.29, 1.82) is 0 Å². The number of rotatable bonds is 5. The second-order valence-corrected chi connectivity index (χ2v) is 8.52. The highest BCUT2D eigenvalue weighted by Gasteiger charge is 2.69. The molecule has 4 N–H and O–H groups in total. The molecule has 0 amide bonds. The first-order chi connectivity index (χ1) is 11.4. The van der Waals surface area contributed by atoms with Gasteiger partial charge < -0.3 is 11.5 Å². The Labute approximate surface area is 141 Å². The lowest BCUT2D eigenvalue weighted by atomic mass is 9.99. The molecule has 0 aromatic heterocycles. The third kappa shape index (κ3) is 2.55. The minimum atomic E-state index is -3.61. The monoisotopic (exact) mass is 348 g/mol. The average Bonchev–Trinajstić information content (AvgIpc) is 3.26. The molecule has 0 bridgehead atoms. The van der Waals surface area contributed by atoms with Crippen LogP contribution in [0.4, 0.5) is 4.39 Å². The molecule has 0 aliphatic heterocycles. The van der Waals surface area contributed by atoms with Gasteiger partial charge in [-0.25, -0.2) is 12.8 Å². The highest BCUT2D eigenvalue weighted by Crippen LogP contribution is 2.62. The van der Waals surface area contributed by atoms with Gasteiger partial charge in [-0.2, -0.15) is 0 Å². The van der Waals surface area contributed by atoms with Crippen LogP contribution in [0.2, 0.25) is 0 Å². The minimum Gasteiger partial charge on any atom is -0.330 e. The van der Waals surface area contributed by atoms with Gasteiger partial charge in [-0.3, -0.25) is 0 Å². The second kappa shape index (κ2) is 5.95. The maximum atomic E-state index is 13.6. The summed E-state index contributed by atoms with van der Waals surface area (Å²) in [5.74, 6) is -0.789. The molecule has 128 valence electrons. The molecule has 0 spiro atoms. The van der Waals surface area contributed by atoms with Crippen molar-refractivity contribution in [3.63, 3.8) is 0 Å². The van der Waals surface area contributed by atoms with Crippen LogP contribution in [-0.4, -0.2) is 26.8 Å². The van der Waals surface area contributed by atoms with Crippen LogP contribution in [0.1, 0.15) is 17.0 Å². The summed E-state index contributed by atoms with van der Waals surface area (Å²) < 4.78 is 39.8. The van der Waals surface area contributed by atoms with E-state index < -0.39 is 32.2 Å². The zero-order valence-electron chi connectivity index (χ0n) is 13.4. The van der Waals surface area contributed by atoms with E-state index in [-0.39, 0.29) is 18.0 Å². The van der Waals surface area contributed by atoms with E-state index in [0.29, 0.717) is 5.56 Å². The van der Waals surface area contributed by atoms with E-state index in [1.165, 1.54) is 12.1 Å². The quantitative estimate of drug-likeness (QED) is 0.865. The molecule has 1 fully saturated rings. The fourth-order valence-electron chi connectivity index (χ4n) is 3.59. The molecule has 24 heavy (non-hydrogen) atoms. The average molecular weight is 348 g/mol. The first-order valence-electron chi connectivity index (χ1n) is 7.83. The molecule has 1 aliphatic rings. The predicted octanol–water partition coefficient (Wildman–Crippen LogP) is 1.98. The molecule has 0 radical (unpaired) electrons. The number of benzene rings is 2. The van der Waals surface area contributed by atoms with Gasteiger partial charge in [-0.15, -0.1) is 0 Å². The van der Waals surface area contributed by atoms with Gasteiger partial charge in [0.15, 0.2) is 9.84 Å². The second-order valence-electron chi connectivity index (χ2n) is 6.45. The van der Waals surface area contributed by atoms with Crippen molar-refractivity contribution < 1.29 is 12.8 Å². The summed E-state index contributed by atoms with van der Waals surface area (Å²) in [6, 6.07) is 12.7. The lowest BCUT2D eigenvalue weighted by molar-refractivity contribution is 0.509. The molecule has 0 saturated heterocycles. The molecular weight excluding hydrogens is 327 g/mol. The highest BCUT2D eigenvalue weighted by molar-refractivity contribution is 7.92. The van der Waals surface area contributed by atoms with Gasteiger partial charge >= 0.3 is 0 Å². The number of halogens is 1. The molecule has 1 saturated carbocycles. The van der Waals surface area contributed by atoms with Crippen LogP contribution < -0.4 is 11.5 Å². The molecule has 1 aliphatic carbocycles. The summed E-state index contributed by atoms with van der Waals surface area (Å²) in [4.78, 5) is 0.253. The van der Waals surface area contributed by atoms with Gasteiger partial charge in [0.2, 0.25) is 0 Å². The van der Waals surface area contributed by atoms with Gasteiger partial charge in [0.25, 0.3) is 0 Å². The smallest absolute Gasteiger partial charge is 0.182 e. The third-order valence-corrected chi connectivity index (χ3v) is 7.37.